The van der Waals surface area contributed by atoms with Gasteiger partial charge in [-0.25, -0.2) is 9.07 Å². The number of aromatic nitrogens is 4. The van der Waals surface area contributed by atoms with Crippen molar-refractivity contribution in [2.75, 3.05) is 5.73 Å². The molecule has 1 aliphatic rings. The third-order valence-corrected chi connectivity index (χ3v) is 3.43. The van der Waals surface area contributed by atoms with Gasteiger partial charge in [0.1, 0.15) is 5.82 Å². The fourth-order valence-electron chi connectivity index (χ4n) is 2.21. The van der Waals surface area contributed by atoms with E-state index in [1.54, 1.807) is 23.7 Å². The molecule has 0 atom stereocenters. The zero-order valence-electron chi connectivity index (χ0n) is 10.1. The Kier molecular flexibility index (Phi) is 2.50. The number of tetrazole rings is 1. The van der Waals surface area contributed by atoms with Crippen molar-refractivity contribution in [3.8, 4) is 11.4 Å². The lowest BCUT2D eigenvalue weighted by atomic mass is 9.93. The Labute approximate surface area is 104 Å². The standard InChI is InChI=1S/C12H14FN5/c1-7-5-8(14)6-10(11(7)13)12-15-16-17-18(12)9-3-2-4-9/h5-6,9H,2-4,14H2,1H3. The van der Waals surface area contributed by atoms with E-state index < -0.39 is 0 Å². The molecular weight excluding hydrogens is 233 g/mol. The van der Waals surface area contributed by atoms with Gasteiger partial charge in [-0.3, -0.25) is 0 Å². The second-order valence-electron chi connectivity index (χ2n) is 4.73. The first-order valence-corrected chi connectivity index (χ1v) is 6.00. The molecule has 0 bridgehead atoms. The average Bonchev–Trinajstić information content (AvgIpc) is 2.69. The predicted octanol–water partition coefficient (Wildman–Crippen LogP) is 2.09. The Hall–Kier alpha value is -1.98. The highest BCUT2D eigenvalue weighted by molar-refractivity contribution is 5.63. The summed E-state index contributed by atoms with van der Waals surface area (Å²) in [5.74, 6) is 0.159. The normalized spacial score (nSPS) is 15.7. The molecule has 0 spiro atoms. The highest BCUT2D eigenvalue weighted by Crippen LogP contribution is 2.34. The van der Waals surface area contributed by atoms with E-state index in [1.807, 2.05) is 0 Å². The Morgan fingerprint density at radius 1 is 1.39 bits per heavy atom. The molecule has 1 saturated carbocycles. The second kappa shape index (κ2) is 4.04. The molecule has 0 aliphatic heterocycles. The molecule has 6 heteroatoms. The van der Waals surface area contributed by atoms with Crippen LogP contribution in [0.5, 0.6) is 0 Å². The minimum Gasteiger partial charge on any atom is -0.399 e. The quantitative estimate of drug-likeness (QED) is 0.825. The lowest BCUT2D eigenvalue weighted by Crippen LogP contribution is -2.19. The first-order valence-electron chi connectivity index (χ1n) is 6.00. The summed E-state index contributed by atoms with van der Waals surface area (Å²) in [5.41, 5.74) is 7.17. The highest BCUT2D eigenvalue weighted by Gasteiger charge is 2.25. The number of nitrogens with two attached hydrogens (primary N) is 1. The Morgan fingerprint density at radius 2 is 2.17 bits per heavy atom. The van der Waals surface area contributed by atoms with Crippen molar-refractivity contribution < 1.29 is 4.39 Å². The third kappa shape index (κ3) is 1.64. The van der Waals surface area contributed by atoms with Crippen LogP contribution < -0.4 is 5.73 Å². The number of hydrogen-bond donors (Lipinski definition) is 1. The van der Waals surface area contributed by atoms with E-state index >= 15 is 0 Å². The van der Waals surface area contributed by atoms with E-state index in [0.29, 0.717) is 22.6 Å². The zero-order valence-corrected chi connectivity index (χ0v) is 10.1. The Balaban J connectivity index is 2.12. The number of halogens is 1. The van der Waals surface area contributed by atoms with Gasteiger partial charge in [0.15, 0.2) is 5.82 Å². The van der Waals surface area contributed by atoms with E-state index in [0.717, 1.165) is 12.8 Å². The number of anilines is 1. The number of nitrogens with zero attached hydrogens (tertiary/aromatic N) is 4. The molecule has 0 amide bonds. The van der Waals surface area contributed by atoms with Crippen molar-refractivity contribution in [1.29, 1.82) is 0 Å². The average molecular weight is 247 g/mol. The Bertz CT molecular complexity index is 588. The lowest BCUT2D eigenvalue weighted by molar-refractivity contribution is 0.287. The predicted molar refractivity (Wildman–Crippen MR) is 65.2 cm³/mol. The third-order valence-electron chi connectivity index (χ3n) is 3.43. The van der Waals surface area contributed by atoms with Crippen molar-refractivity contribution in [2.45, 2.75) is 32.2 Å². The van der Waals surface area contributed by atoms with Gasteiger partial charge in [-0.15, -0.1) is 5.10 Å². The summed E-state index contributed by atoms with van der Waals surface area (Å²) in [4.78, 5) is 0. The maximum atomic E-state index is 14.1. The molecule has 3 rings (SSSR count). The van der Waals surface area contributed by atoms with Gasteiger partial charge >= 0.3 is 0 Å². The molecular formula is C12H14FN5. The number of rotatable bonds is 2. The summed E-state index contributed by atoms with van der Waals surface area (Å²) < 4.78 is 15.9. The van der Waals surface area contributed by atoms with Crippen LogP contribution in [-0.2, 0) is 0 Å². The van der Waals surface area contributed by atoms with E-state index in [2.05, 4.69) is 15.5 Å². The SMILES string of the molecule is Cc1cc(N)cc(-c2nnnn2C2CCC2)c1F. The van der Waals surface area contributed by atoms with Crippen molar-refractivity contribution in [1.82, 2.24) is 20.2 Å². The lowest BCUT2D eigenvalue weighted by Gasteiger charge is -2.25. The summed E-state index contributed by atoms with van der Waals surface area (Å²) in [6, 6.07) is 3.48. The first-order chi connectivity index (χ1) is 8.66. The highest BCUT2D eigenvalue weighted by atomic mass is 19.1. The molecule has 0 unspecified atom stereocenters. The van der Waals surface area contributed by atoms with Crippen LogP contribution >= 0.6 is 0 Å². The largest absolute Gasteiger partial charge is 0.399 e. The summed E-state index contributed by atoms with van der Waals surface area (Å²) in [6.45, 7) is 1.69. The fourth-order valence-corrected chi connectivity index (χ4v) is 2.21. The van der Waals surface area contributed by atoms with Crippen LogP contribution in [0.4, 0.5) is 10.1 Å². The molecule has 94 valence electrons. The molecule has 18 heavy (non-hydrogen) atoms. The molecule has 0 saturated heterocycles. The fraction of sp³-hybridized carbons (Fsp3) is 0.417. The minimum absolute atomic E-state index is 0.288. The molecule has 1 aromatic heterocycles. The van der Waals surface area contributed by atoms with Gasteiger partial charge in [0, 0.05) is 5.69 Å². The van der Waals surface area contributed by atoms with E-state index in [4.69, 9.17) is 5.73 Å². The summed E-state index contributed by atoms with van der Waals surface area (Å²) in [6.07, 6.45) is 3.25. The second-order valence-corrected chi connectivity index (χ2v) is 4.73. The molecule has 0 radical (unpaired) electrons. The topological polar surface area (TPSA) is 69.6 Å². The maximum absolute atomic E-state index is 14.1. The molecule has 1 heterocycles. The van der Waals surface area contributed by atoms with Crippen molar-refractivity contribution in [3.63, 3.8) is 0 Å². The van der Waals surface area contributed by atoms with Crippen molar-refractivity contribution in [3.05, 3.63) is 23.5 Å². The van der Waals surface area contributed by atoms with Gasteiger partial charge in [0.05, 0.1) is 11.6 Å². The first kappa shape index (κ1) is 11.1. The Morgan fingerprint density at radius 3 is 2.83 bits per heavy atom. The van der Waals surface area contributed by atoms with Crippen LogP contribution in [0, 0.1) is 12.7 Å². The van der Waals surface area contributed by atoms with Gasteiger partial charge in [0.2, 0.25) is 0 Å². The van der Waals surface area contributed by atoms with Gasteiger partial charge in [-0.2, -0.15) is 0 Å². The summed E-state index contributed by atoms with van der Waals surface area (Å²) in [7, 11) is 0. The molecule has 1 aliphatic carbocycles. The number of hydrogen-bond acceptors (Lipinski definition) is 4. The molecule has 5 nitrogen and oxygen atoms in total. The van der Waals surface area contributed by atoms with Crippen LogP contribution in [0.25, 0.3) is 11.4 Å². The van der Waals surface area contributed by atoms with Crippen LogP contribution in [0.3, 0.4) is 0 Å². The van der Waals surface area contributed by atoms with Crippen LogP contribution in [0.15, 0.2) is 12.1 Å². The van der Waals surface area contributed by atoms with Gasteiger partial charge in [-0.1, -0.05) is 0 Å². The number of benzene rings is 1. The van der Waals surface area contributed by atoms with E-state index in [1.165, 1.54) is 6.42 Å². The van der Waals surface area contributed by atoms with Crippen molar-refractivity contribution in [2.24, 2.45) is 0 Å². The van der Waals surface area contributed by atoms with Gasteiger partial charge in [0.25, 0.3) is 0 Å². The van der Waals surface area contributed by atoms with Crippen LogP contribution in [0.1, 0.15) is 30.9 Å². The molecule has 1 aromatic carbocycles. The smallest absolute Gasteiger partial charge is 0.185 e. The zero-order chi connectivity index (χ0) is 12.7. The van der Waals surface area contributed by atoms with Crippen LogP contribution in [0.2, 0.25) is 0 Å². The molecule has 2 N–H and O–H groups in total. The molecule has 1 fully saturated rings. The summed E-state index contributed by atoms with van der Waals surface area (Å²) in [5, 5.41) is 11.6. The van der Waals surface area contributed by atoms with Gasteiger partial charge in [-0.05, 0) is 54.3 Å². The van der Waals surface area contributed by atoms with Crippen LogP contribution in [-0.4, -0.2) is 20.2 Å². The van der Waals surface area contributed by atoms with E-state index in [9.17, 15) is 4.39 Å². The van der Waals surface area contributed by atoms with E-state index in [-0.39, 0.29) is 11.9 Å². The van der Waals surface area contributed by atoms with Crippen molar-refractivity contribution >= 4 is 5.69 Å². The maximum Gasteiger partial charge on any atom is 0.185 e. The van der Waals surface area contributed by atoms with Gasteiger partial charge < -0.3 is 5.73 Å². The summed E-state index contributed by atoms with van der Waals surface area (Å²) >= 11 is 0. The number of aryl methyl sites for hydroxylation is 1. The molecule has 2 aromatic rings. The number of nitrogen functional groups attached to an aromatic ring is 1. The monoisotopic (exact) mass is 247 g/mol. The minimum atomic E-state index is -0.306.